The van der Waals surface area contributed by atoms with Gasteiger partial charge in [-0.25, -0.2) is 9.37 Å². The van der Waals surface area contributed by atoms with Crippen LogP contribution in [0.15, 0.2) is 6.20 Å². The fraction of sp³-hybridized carbons (Fsp3) is 0.636. The van der Waals surface area contributed by atoms with Crippen molar-refractivity contribution in [1.29, 1.82) is 0 Å². The highest BCUT2D eigenvalue weighted by Gasteiger charge is 2.04. The lowest BCUT2D eigenvalue weighted by Gasteiger charge is -2.07. The maximum Gasteiger partial charge on any atom is 0.224 e. The van der Waals surface area contributed by atoms with Crippen LogP contribution in [0.1, 0.15) is 32.6 Å². The van der Waals surface area contributed by atoms with Gasteiger partial charge in [0.2, 0.25) is 5.95 Å². The summed E-state index contributed by atoms with van der Waals surface area (Å²) in [5, 5.41) is 5.76. The number of hydrogen-bond donors (Lipinski definition) is 2. The smallest absolute Gasteiger partial charge is 0.224 e. The molecule has 0 radical (unpaired) electrons. The van der Waals surface area contributed by atoms with Gasteiger partial charge in [0.1, 0.15) is 0 Å². The fourth-order valence-electron chi connectivity index (χ4n) is 1.37. The molecule has 1 aromatic rings. The average Bonchev–Trinajstić information content (AvgIpc) is 2.31. The van der Waals surface area contributed by atoms with Crippen LogP contribution in [0, 0.1) is 5.82 Å². The average molecular weight is 226 g/mol. The molecule has 0 saturated heterocycles. The van der Waals surface area contributed by atoms with Crippen LogP contribution in [0.5, 0.6) is 0 Å². The largest absolute Gasteiger partial charge is 0.367 e. The lowest BCUT2D eigenvalue weighted by atomic mass is 10.2. The monoisotopic (exact) mass is 226 g/mol. The van der Waals surface area contributed by atoms with Gasteiger partial charge in [-0.1, -0.05) is 26.2 Å². The summed E-state index contributed by atoms with van der Waals surface area (Å²) in [6, 6.07) is 0. The molecule has 0 aliphatic rings. The van der Waals surface area contributed by atoms with Crippen LogP contribution in [-0.4, -0.2) is 23.6 Å². The molecule has 2 N–H and O–H groups in total. The van der Waals surface area contributed by atoms with Gasteiger partial charge in [0.15, 0.2) is 11.6 Å². The molecule has 5 heteroatoms. The highest BCUT2D eigenvalue weighted by atomic mass is 19.1. The van der Waals surface area contributed by atoms with Crippen molar-refractivity contribution in [2.75, 3.05) is 24.2 Å². The van der Waals surface area contributed by atoms with Crippen molar-refractivity contribution in [2.45, 2.75) is 32.6 Å². The Morgan fingerprint density at radius 2 is 2.12 bits per heavy atom. The second kappa shape index (κ2) is 6.98. The van der Waals surface area contributed by atoms with Crippen LogP contribution < -0.4 is 10.6 Å². The SMILES string of the molecule is CCCCCCNc1nc(NC)ncc1F. The van der Waals surface area contributed by atoms with E-state index in [-0.39, 0.29) is 5.82 Å². The molecular formula is C11H19FN4. The lowest BCUT2D eigenvalue weighted by Crippen LogP contribution is -2.08. The van der Waals surface area contributed by atoms with E-state index in [9.17, 15) is 4.39 Å². The standard InChI is InChI=1S/C11H19FN4/c1-3-4-5-6-7-14-10-9(12)8-15-11(13-2)16-10/h8H,3-7H2,1-2H3,(H2,13,14,15,16). The Balaban J connectivity index is 2.40. The van der Waals surface area contributed by atoms with E-state index in [0.717, 1.165) is 19.4 Å². The van der Waals surface area contributed by atoms with Gasteiger partial charge >= 0.3 is 0 Å². The fourth-order valence-corrected chi connectivity index (χ4v) is 1.37. The quantitative estimate of drug-likeness (QED) is 0.702. The van der Waals surface area contributed by atoms with Crippen LogP contribution in [0.4, 0.5) is 16.2 Å². The first-order valence-electron chi connectivity index (χ1n) is 5.72. The first-order chi connectivity index (χ1) is 7.77. The topological polar surface area (TPSA) is 49.8 Å². The molecule has 1 aromatic heterocycles. The second-order valence-corrected chi connectivity index (χ2v) is 3.63. The van der Waals surface area contributed by atoms with E-state index in [0.29, 0.717) is 5.95 Å². The van der Waals surface area contributed by atoms with Crippen LogP contribution in [0.3, 0.4) is 0 Å². The van der Waals surface area contributed by atoms with E-state index in [4.69, 9.17) is 0 Å². The summed E-state index contributed by atoms with van der Waals surface area (Å²) >= 11 is 0. The Kier molecular flexibility index (Phi) is 5.53. The van der Waals surface area contributed by atoms with Crippen LogP contribution in [-0.2, 0) is 0 Å². The summed E-state index contributed by atoms with van der Waals surface area (Å²) in [6.45, 7) is 2.91. The zero-order valence-electron chi connectivity index (χ0n) is 9.89. The Morgan fingerprint density at radius 3 is 2.81 bits per heavy atom. The zero-order valence-corrected chi connectivity index (χ0v) is 9.89. The predicted octanol–water partition coefficient (Wildman–Crippen LogP) is 2.65. The molecule has 0 amide bonds. The van der Waals surface area contributed by atoms with Gasteiger partial charge in [-0.3, -0.25) is 0 Å². The maximum absolute atomic E-state index is 13.3. The van der Waals surface area contributed by atoms with E-state index < -0.39 is 5.82 Å². The van der Waals surface area contributed by atoms with Crippen molar-refractivity contribution in [3.8, 4) is 0 Å². The number of anilines is 2. The summed E-state index contributed by atoms with van der Waals surface area (Å²) < 4.78 is 13.3. The number of nitrogens with zero attached hydrogens (tertiary/aromatic N) is 2. The third-order valence-corrected chi connectivity index (χ3v) is 2.29. The van der Waals surface area contributed by atoms with E-state index in [1.807, 2.05) is 0 Å². The van der Waals surface area contributed by atoms with E-state index in [1.165, 1.54) is 19.0 Å². The van der Waals surface area contributed by atoms with Gasteiger partial charge in [0.25, 0.3) is 0 Å². The van der Waals surface area contributed by atoms with Crippen molar-refractivity contribution in [2.24, 2.45) is 0 Å². The molecule has 0 fully saturated rings. The molecule has 90 valence electrons. The zero-order chi connectivity index (χ0) is 11.8. The summed E-state index contributed by atoms with van der Waals surface area (Å²) in [6.07, 6.45) is 5.79. The molecular weight excluding hydrogens is 207 g/mol. The number of aromatic nitrogens is 2. The van der Waals surface area contributed by atoms with Crippen molar-refractivity contribution < 1.29 is 4.39 Å². The maximum atomic E-state index is 13.3. The van der Waals surface area contributed by atoms with Gasteiger partial charge in [0.05, 0.1) is 6.20 Å². The van der Waals surface area contributed by atoms with E-state index in [2.05, 4.69) is 27.5 Å². The first-order valence-corrected chi connectivity index (χ1v) is 5.72. The van der Waals surface area contributed by atoms with E-state index >= 15 is 0 Å². The highest BCUT2D eigenvalue weighted by Crippen LogP contribution is 2.11. The molecule has 1 rings (SSSR count). The van der Waals surface area contributed by atoms with Crippen molar-refractivity contribution in [3.63, 3.8) is 0 Å². The molecule has 4 nitrogen and oxygen atoms in total. The number of nitrogens with one attached hydrogen (secondary N) is 2. The number of hydrogen-bond acceptors (Lipinski definition) is 4. The number of unbranched alkanes of at least 4 members (excludes halogenated alkanes) is 3. The van der Waals surface area contributed by atoms with Gasteiger partial charge in [-0.15, -0.1) is 0 Å². The lowest BCUT2D eigenvalue weighted by molar-refractivity contribution is 0.614. The van der Waals surface area contributed by atoms with Gasteiger partial charge in [-0.2, -0.15) is 4.98 Å². The summed E-state index contributed by atoms with van der Waals surface area (Å²) in [5.41, 5.74) is 0. The normalized spacial score (nSPS) is 10.2. The number of halogens is 1. The summed E-state index contributed by atoms with van der Waals surface area (Å²) in [5.74, 6) is 0.294. The summed E-state index contributed by atoms with van der Waals surface area (Å²) in [7, 11) is 1.71. The first kappa shape index (κ1) is 12.7. The predicted molar refractivity (Wildman–Crippen MR) is 64.2 cm³/mol. The Bertz CT molecular complexity index is 317. The van der Waals surface area contributed by atoms with Crippen LogP contribution >= 0.6 is 0 Å². The summed E-state index contributed by atoms with van der Waals surface area (Å²) in [4.78, 5) is 7.78. The molecule has 0 spiro atoms. The second-order valence-electron chi connectivity index (χ2n) is 3.63. The minimum Gasteiger partial charge on any atom is -0.367 e. The van der Waals surface area contributed by atoms with Gasteiger partial charge in [0, 0.05) is 13.6 Å². The highest BCUT2D eigenvalue weighted by molar-refractivity contribution is 5.40. The molecule has 0 bridgehead atoms. The molecule has 0 atom stereocenters. The minimum absolute atomic E-state index is 0.274. The molecule has 16 heavy (non-hydrogen) atoms. The molecule has 0 aromatic carbocycles. The Labute approximate surface area is 95.7 Å². The molecule has 1 heterocycles. The Hall–Kier alpha value is -1.39. The third kappa shape index (κ3) is 4.00. The third-order valence-electron chi connectivity index (χ3n) is 2.29. The molecule has 0 unspecified atom stereocenters. The van der Waals surface area contributed by atoms with Crippen molar-refractivity contribution in [1.82, 2.24) is 9.97 Å². The molecule has 0 aliphatic carbocycles. The minimum atomic E-state index is -0.408. The van der Waals surface area contributed by atoms with Gasteiger partial charge < -0.3 is 10.6 Å². The molecule has 0 saturated carbocycles. The number of rotatable bonds is 7. The van der Waals surface area contributed by atoms with Crippen LogP contribution in [0.25, 0.3) is 0 Å². The van der Waals surface area contributed by atoms with Gasteiger partial charge in [-0.05, 0) is 6.42 Å². The molecule has 0 aliphatic heterocycles. The van der Waals surface area contributed by atoms with Crippen LogP contribution in [0.2, 0.25) is 0 Å². The van der Waals surface area contributed by atoms with Crippen molar-refractivity contribution >= 4 is 11.8 Å². The Morgan fingerprint density at radius 1 is 1.31 bits per heavy atom. The van der Waals surface area contributed by atoms with Crippen molar-refractivity contribution in [3.05, 3.63) is 12.0 Å². The van der Waals surface area contributed by atoms with E-state index in [1.54, 1.807) is 7.05 Å².